The molecule has 0 N–H and O–H groups in total. The van der Waals surface area contributed by atoms with Crippen LogP contribution < -0.4 is 0 Å². The van der Waals surface area contributed by atoms with E-state index in [2.05, 4.69) is 40.9 Å². The van der Waals surface area contributed by atoms with Crippen LogP contribution >= 0.6 is 0 Å². The van der Waals surface area contributed by atoms with E-state index in [4.69, 9.17) is 0 Å². The van der Waals surface area contributed by atoms with Crippen LogP contribution in [0.4, 0.5) is 0 Å². The van der Waals surface area contributed by atoms with E-state index in [1.165, 1.54) is 32.1 Å². The average Bonchev–Trinajstić information content (AvgIpc) is 2.22. The Balaban J connectivity index is -0.0000000493. The second-order valence-corrected chi connectivity index (χ2v) is 2.41. The van der Waals surface area contributed by atoms with Gasteiger partial charge in [-0.1, -0.05) is 73.6 Å². The quantitative estimate of drug-likeness (QED) is 0.386. The fraction of sp³-hybridized carbons (Fsp3) is 0.846. The predicted molar refractivity (Wildman–Crippen MR) is 68.4 cm³/mol. The highest BCUT2D eigenvalue weighted by Crippen LogP contribution is 1.95. The monoisotopic (exact) mass is 188 g/mol. The molecule has 0 rings (SSSR count). The summed E-state index contributed by atoms with van der Waals surface area (Å²) in [7, 11) is 0. The molecule has 0 fully saturated rings. The smallest absolute Gasteiger partial charge is 0.0536 e. The Bertz CT molecular complexity index is 27.0. The molecule has 0 aliphatic rings. The Morgan fingerprint density at radius 2 is 0.846 bits per heavy atom. The Kier molecular flexibility index (Phi) is 107. The van der Waals surface area contributed by atoms with Gasteiger partial charge in [-0.2, -0.15) is 0 Å². The molecule has 13 heavy (non-hydrogen) atoms. The molecular formula is C13H32. The van der Waals surface area contributed by atoms with Gasteiger partial charge < -0.3 is 0 Å². The summed E-state index contributed by atoms with van der Waals surface area (Å²) in [5.74, 6) is 0. The third kappa shape index (κ3) is 148. The summed E-state index contributed by atoms with van der Waals surface area (Å²) >= 11 is 0. The van der Waals surface area contributed by atoms with Gasteiger partial charge in [0, 0.05) is 0 Å². The highest BCUT2D eigenvalue weighted by Gasteiger charge is 1.75. The highest BCUT2D eigenvalue weighted by molar-refractivity contribution is 4.31. The van der Waals surface area contributed by atoms with Crippen LogP contribution in [0, 0.1) is 0 Å². The topological polar surface area (TPSA) is 0 Å². The minimum Gasteiger partial charge on any atom is -0.106 e. The maximum absolute atomic E-state index is 3.00. The van der Waals surface area contributed by atoms with Crippen molar-refractivity contribution in [3.05, 3.63) is 13.2 Å². The van der Waals surface area contributed by atoms with Crippen molar-refractivity contribution in [3.8, 4) is 0 Å². The summed E-state index contributed by atoms with van der Waals surface area (Å²) in [5.41, 5.74) is 0. The van der Waals surface area contributed by atoms with Crippen LogP contribution in [0.5, 0.6) is 0 Å². The lowest BCUT2D eigenvalue weighted by Crippen LogP contribution is -1.66. The van der Waals surface area contributed by atoms with E-state index in [1.54, 1.807) is 0 Å². The molecule has 0 aromatic heterocycles. The zero-order valence-corrected chi connectivity index (χ0v) is 10.9. The summed E-state index contributed by atoms with van der Waals surface area (Å²) in [6, 6.07) is 0. The molecule has 84 valence electrons. The Morgan fingerprint density at radius 3 is 0.923 bits per heavy atom. The van der Waals surface area contributed by atoms with Crippen molar-refractivity contribution in [2.75, 3.05) is 0 Å². The minimum absolute atomic E-state index is 1.25. The van der Waals surface area contributed by atoms with Crippen molar-refractivity contribution >= 4 is 0 Å². The van der Waals surface area contributed by atoms with E-state index < -0.39 is 0 Å². The molecule has 0 aliphatic carbocycles. The molecule has 0 bridgehead atoms. The van der Waals surface area contributed by atoms with Crippen LogP contribution in [-0.2, 0) is 0 Å². The van der Waals surface area contributed by atoms with Gasteiger partial charge in [-0.3, -0.25) is 0 Å². The van der Waals surface area contributed by atoms with Gasteiger partial charge in [0.15, 0.2) is 0 Å². The van der Waals surface area contributed by atoms with Crippen LogP contribution in [0.25, 0.3) is 0 Å². The van der Waals surface area contributed by atoms with Gasteiger partial charge in [-0.05, 0) is 0 Å². The van der Waals surface area contributed by atoms with Gasteiger partial charge in [0.05, 0.1) is 0 Å². The van der Waals surface area contributed by atoms with Gasteiger partial charge in [0.2, 0.25) is 0 Å². The molecule has 0 heteroatoms. The normalized spacial score (nSPS) is 6.31. The molecule has 0 saturated carbocycles. The van der Waals surface area contributed by atoms with Crippen LogP contribution in [0.3, 0.4) is 0 Å². The molecule has 0 aromatic rings. The SMILES string of the molecule is C=C.CC.CCC.CCCCCC. The molecule has 0 nitrogen and oxygen atoms in total. The Labute approximate surface area is 87.4 Å². The van der Waals surface area contributed by atoms with Crippen molar-refractivity contribution in [1.82, 2.24) is 0 Å². The fourth-order valence-corrected chi connectivity index (χ4v) is 0.500. The second-order valence-electron chi connectivity index (χ2n) is 2.41. The van der Waals surface area contributed by atoms with E-state index in [0.717, 1.165) is 0 Å². The Morgan fingerprint density at radius 1 is 0.692 bits per heavy atom. The van der Waals surface area contributed by atoms with E-state index >= 15 is 0 Å². The van der Waals surface area contributed by atoms with E-state index in [9.17, 15) is 0 Å². The van der Waals surface area contributed by atoms with Crippen molar-refractivity contribution in [2.45, 2.75) is 73.6 Å². The third-order valence-electron chi connectivity index (χ3n) is 0.957. The number of hydrogen-bond acceptors (Lipinski definition) is 0. The molecule has 0 heterocycles. The van der Waals surface area contributed by atoms with E-state index in [1.807, 2.05) is 13.8 Å². The maximum Gasteiger partial charge on any atom is -0.0536 e. The zero-order chi connectivity index (χ0) is 11.5. The van der Waals surface area contributed by atoms with Crippen LogP contribution in [0.2, 0.25) is 0 Å². The van der Waals surface area contributed by atoms with Gasteiger partial charge in [0.25, 0.3) is 0 Å². The molecule has 0 aromatic carbocycles. The van der Waals surface area contributed by atoms with E-state index in [-0.39, 0.29) is 0 Å². The largest absolute Gasteiger partial charge is 0.106 e. The van der Waals surface area contributed by atoms with Crippen molar-refractivity contribution < 1.29 is 0 Å². The third-order valence-corrected chi connectivity index (χ3v) is 0.957. The van der Waals surface area contributed by atoms with Gasteiger partial charge in [-0.25, -0.2) is 0 Å². The van der Waals surface area contributed by atoms with Crippen LogP contribution in [0.15, 0.2) is 13.2 Å². The van der Waals surface area contributed by atoms with Gasteiger partial charge >= 0.3 is 0 Å². The van der Waals surface area contributed by atoms with Crippen LogP contribution in [0.1, 0.15) is 73.6 Å². The number of unbranched alkanes of at least 4 members (excludes halogenated alkanes) is 3. The maximum atomic E-state index is 3.00. The Hall–Kier alpha value is -0.260. The second kappa shape index (κ2) is 60.3. The molecule has 0 saturated heterocycles. The zero-order valence-electron chi connectivity index (χ0n) is 10.9. The minimum atomic E-state index is 1.25. The molecule has 0 spiro atoms. The summed E-state index contributed by atoms with van der Waals surface area (Å²) in [4.78, 5) is 0. The number of hydrogen-bond donors (Lipinski definition) is 0. The lowest BCUT2D eigenvalue weighted by Gasteiger charge is -1.86. The molecule has 0 atom stereocenters. The van der Waals surface area contributed by atoms with Gasteiger partial charge in [0.1, 0.15) is 0 Å². The summed E-state index contributed by atoms with van der Waals surface area (Å²) in [5, 5.41) is 0. The molecular weight excluding hydrogens is 156 g/mol. The highest BCUT2D eigenvalue weighted by atomic mass is 13.8. The summed E-state index contributed by atoms with van der Waals surface area (Å²) in [6.45, 7) is 18.7. The van der Waals surface area contributed by atoms with Crippen LogP contribution in [-0.4, -0.2) is 0 Å². The first-order valence-corrected chi connectivity index (χ1v) is 5.83. The molecule has 0 amide bonds. The first kappa shape index (κ1) is 23.0. The lowest BCUT2D eigenvalue weighted by atomic mass is 10.2. The fourth-order valence-electron chi connectivity index (χ4n) is 0.500. The average molecular weight is 188 g/mol. The molecule has 0 radical (unpaired) electrons. The van der Waals surface area contributed by atoms with Crippen molar-refractivity contribution in [1.29, 1.82) is 0 Å². The van der Waals surface area contributed by atoms with Crippen molar-refractivity contribution in [3.63, 3.8) is 0 Å². The molecule has 0 unspecified atom stereocenters. The predicted octanol–water partition coefficient (Wildman–Crippen LogP) is 5.83. The number of rotatable bonds is 3. The summed E-state index contributed by atoms with van der Waals surface area (Å²) < 4.78 is 0. The first-order valence-electron chi connectivity index (χ1n) is 5.83. The molecule has 0 aliphatic heterocycles. The van der Waals surface area contributed by atoms with Crippen molar-refractivity contribution in [2.24, 2.45) is 0 Å². The van der Waals surface area contributed by atoms with Gasteiger partial charge in [-0.15, -0.1) is 13.2 Å². The lowest BCUT2D eigenvalue weighted by molar-refractivity contribution is 0.702. The standard InChI is InChI=1S/C6H14.C3H8.C2H6.C2H4/c1-3-5-6-4-2;1-3-2;2*1-2/h3-6H2,1-2H3;3H2,1-2H3;1-2H3;1-2H2. The van der Waals surface area contributed by atoms with E-state index in [0.29, 0.717) is 0 Å². The first-order chi connectivity index (χ1) is 6.33. The summed E-state index contributed by atoms with van der Waals surface area (Å²) in [6.07, 6.45) is 6.79.